The van der Waals surface area contributed by atoms with Gasteiger partial charge in [-0.3, -0.25) is 0 Å². The van der Waals surface area contributed by atoms with Gasteiger partial charge in [-0.25, -0.2) is 0 Å². The van der Waals surface area contributed by atoms with Crippen LogP contribution in [-0.2, 0) is 27.2 Å². The van der Waals surface area contributed by atoms with Crippen molar-refractivity contribution >= 4 is 5.97 Å². The molecule has 0 saturated heterocycles. The number of unbranched alkanes of at least 4 members (excludes halogenated alkanes) is 3. The Kier molecular flexibility index (Phi) is 11.8. The largest absolute Gasteiger partial charge is 1.00 e. The van der Waals surface area contributed by atoms with Crippen molar-refractivity contribution in [1.29, 1.82) is 0 Å². The molecule has 3 heteroatoms. The number of aliphatic carboxylic acids is 1. The SMILES string of the molecule is CCCCCCC(=O)[O-].[Ag+]. The van der Waals surface area contributed by atoms with Gasteiger partial charge in [-0.15, -0.1) is 0 Å². The first-order valence-electron chi connectivity index (χ1n) is 3.47. The van der Waals surface area contributed by atoms with Crippen LogP contribution in [0.1, 0.15) is 39.0 Å². The Hall–Kier alpha value is 0.210. The molecule has 64 valence electrons. The van der Waals surface area contributed by atoms with Crippen molar-refractivity contribution < 1.29 is 32.3 Å². The van der Waals surface area contributed by atoms with Gasteiger partial charge in [-0.05, 0) is 12.8 Å². The van der Waals surface area contributed by atoms with E-state index in [2.05, 4.69) is 6.92 Å². The molecule has 0 fully saturated rings. The molecule has 0 saturated carbocycles. The summed E-state index contributed by atoms with van der Waals surface area (Å²) in [6, 6.07) is 0. The molecule has 0 aliphatic heterocycles. The number of carboxylic acids is 1. The number of carbonyl (C=O) groups is 1. The molecule has 0 atom stereocenters. The molecule has 0 spiro atoms. The number of rotatable bonds is 5. The third-order valence-electron chi connectivity index (χ3n) is 1.23. The fraction of sp³-hybridized carbons (Fsp3) is 0.857. The average molecular weight is 237 g/mol. The summed E-state index contributed by atoms with van der Waals surface area (Å²) in [4.78, 5) is 9.85. The minimum Gasteiger partial charge on any atom is -0.550 e. The number of carboxylic acid groups (broad SMARTS) is 1. The molecule has 10 heavy (non-hydrogen) atoms. The molecule has 0 rings (SSSR count). The van der Waals surface area contributed by atoms with E-state index in [1.165, 1.54) is 0 Å². The monoisotopic (exact) mass is 236 g/mol. The molecule has 0 N–H and O–H groups in total. The molecular weight excluding hydrogens is 224 g/mol. The third kappa shape index (κ3) is 11.1. The number of hydrogen-bond acceptors (Lipinski definition) is 2. The molecule has 0 aromatic rings. The first-order chi connectivity index (χ1) is 4.27. The summed E-state index contributed by atoms with van der Waals surface area (Å²) in [5.74, 6) is -0.925. The molecule has 0 radical (unpaired) electrons. The molecule has 0 aromatic heterocycles. The van der Waals surface area contributed by atoms with Crippen LogP contribution in [0.3, 0.4) is 0 Å². The van der Waals surface area contributed by atoms with Gasteiger partial charge in [0.25, 0.3) is 0 Å². The Morgan fingerprint density at radius 3 is 2.30 bits per heavy atom. The molecule has 0 aliphatic carbocycles. The topological polar surface area (TPSA) is 40.1 Å². The average Bonchev–Trinajstić information content (AvgIpc) is 1.80. The quantitative estimate of drug-likeness (QED) is 0.521. The van der Waals surface area contributed by atoms with E-state index in [0.717, 1.165) is 25.7 Å². The van der Waals surface area contributed by atoms with Crippen LogP contribution in [-0.4, -0.2) is 5.97 Å². The Labute approximate surface area is 77.5 Å². The van der Waals surface area contributed by atoms with E-state index in [1.807, 2.05) is 0 Å². The van der Waals surface area contributed by atoms with Gasteiger partial charge in [0.1, 0.15) is 0 Å². The third-order valence-corrected chi connectivity index (χ3v) is 1.23. The zero-order valence-corrected chi connectivity index (χ0v) is 7.64. The predicted molar refractivity (Wildman–Crippen MR) is 33.8 cm³/mol. The minimum absolute atomic E-state index is 0. The summed E-state index contributed by atoms with van der Waals surface area (Å²) in [6.45, 7) is 2.10. The summed E-state index contributed by atoms with van der Waals surface area (Å²) in [7, 11) is 0. The van der Waals surface area contributed by atoms with E-state index < -0.39 is 5.97 Å². The van der Waals surface area contributed by atoms with Crippen LogP contribution in [0.5, 0.6) is 0 Å². The molecular formula is C7H13AgO2. The maximum Gasteiger partial charge on any atom is 1.00 e. The van der Waals surface area contributed by atoms with Gasteiger partial charge in [0.05, 0.1) is 0 Å². The standard InChI is InChI=1S/C7H14O2.Ag/c1-2-3-4-5-6-7(8)9;/h2-6H2,1H3,(H,8,9);/q;+1/p-1. The van der Waals surface area contributed by atoms with Gasteiger partial charge in [-0.1, -0.05) is 26.2 Å². The van der Waals surface area contributed by atoms with Crippen molar-refractivity contribution in [2.45, 2.75) is 39.0 Å². The van der Waals surface area contributed by atoms with E-state index in [-0.39, 0.29) is 28.8 Å². The van der Waals surface area contributed by atoms with Gasteiger partial charge in [-0.2, -0.15) is 0 Å². The van der Waals surface area contributed by atoms with Crippen molar-refractivity contribution in [2.24, 2.45) is 0 Å². The summed E-state index contributed by atoms with van der Waals surface area (Å²) in [6.07, 6.45) is 4.29. The second kappa shape index (κ2) is 9.21. The van der Waals surface area contributed by atoms with Crippen LogP contribution >= 0.6 is 0 Å². The van der Waals surface area contributed by atoms with Crippen molar-refractivity contribution in [3.63, 3.8) is 0 Å². The van der Waals surface area contributed by atoms with Crippen LogP contribution in [0.4, 0.5) is 0 Å². The van der Waals surface area contributed by atoms with Gasteiger partial charge in [0.15, 0.2) is 0 Å². The van der Waals surface area contributed by atoms with Crippen molar-refractivity contribution in [3.8, 4) is 0 Å². The normalized spacial score (nSPS) is 8.50. The zero-order valence-electron chi connectivity index (χ0n) is 6.15. The summed E-state index contributed by atoms with van der Waals surface area (Å²) >= 11 is 0. The molecule has 0 unspecified atom stereocenters. The fourth-order valence-corrected chi connectivity index (χ4v) is 0.696. The van der Waals surface area contributed by atoms with Crippen LogP contribution in [0.15, 0.2) is 0 Å². The van der Waals surface area contributed by atoms with E-state index in [0.29, 0.717) is 0 Å². The molecule has 2 nitrogen and oxygen atoms in total. The summed E-state index contributed by atoms with van der Waals surface area (Å²) in [5, 5.41) is 9.85. The number of hydrogen-bond donors (Lipinski definition) is 0. The Morgan fingerprint density at radius 2 is 1.90 bits per heavy atom. The Bertz CT molecular complexity index is 83.7. The molecule has 0 amide bonds. The molecule has 0 aliphatic rings. The summed E-state index contributed by atoms with van der Waals surface area (Å²) in [5.41, 5.74) is 0. The van der Waals surface area contributed by atoms with E-state index >= 15 is 0 Å². The van der Waals surface area contributed by atoms with Gasteiger partial charge in [0, 0.05) is 5.97 Å². The van der Waals surface area contributed by atoms with Crippen LogP contribution < -0.4 is 5.11 Å². The maximum atomic E-state index is 9.85. The smallest absolute Gasteiger partial charge is 0.550 e. The second-order valence-corrected chi connectivity index (χ2v) is 2.18. The Morgan fingerprint density at radius 1 is 1.30 bits per heavy atom. The maximum absolute atomic E-state index is 9.85. The van der Waals surface area contributed by atoms with Crippen molar-refractivity contribution in [3.05, 3.63) is 0 Å². The molecule has 0 heterocycles. The van der Waals surface area contributed by atoms with Crippen LogP contribution in [0.2, 0.25) is 0 Å². The van der Waals surface area contributed by atoms with Crippen molar-refractivity contribution in [1.82, 2.24) is 0 Å². The first kappa shape index (κ1) is 12.8. The second-order valence-electron chi connectivity index (χ2n) is 2.18. The Balaban J connectivity index is 0. The van der Waals surface area contributed by atoms with Gasteiger partial charge in [0.2, 0.25) is 0 Å². The molecule has 0 aromatic carbocycles. The predicted octanol–water partition coefficient (Wildman–Crippen LogP) is 0.704. The van der Waals surface area contributed by atoms with Gasteiger partial charge >= 0.3 is 22.4 Å². The summed E-state index contributed by atoms with van der Waals surface area (Å²) < 4.78 is 0. The zero-order chi connectivity index (χ0) is 7.11. The van der Waals surface area contributed by atoms with Gasteiger partial charge < -0.3 is 9.90 Å². The van der Waals surface area contributed by atoms with E-state index in [4.69, 9.17) is 0 Å². The first-order valence-corrected chi connectivity index (χ1v) is 3.47. The molecule has 0 bridgehead atoms. The minimum atomic E-state index is -0.925. The van der Waals surface area contributed by atoms with Crippen molar-refractivity contribution in [2.75, 3.05) is 0 Å². The van der Waals surface area contributed by atoms with E-state index in [1.54, 1.807) is 0 Å². The fourth-order valence-electron chi connectivity index (χ4n) is 0.696. The number of carbonyl (C=O) groups excluding carboxylic acids is 1. The van der Waals surface area contributed by atoms with E-state index in [9.17, 15) is 9.90 Å². The van der Waals surface area contributed by atoms with Crippen LogP contribution in [0, 0.1) is 0 Å². The van der Waals surface area contributed by atoms with Crippen LogP contribution in [0.25, 0.3) is 0 Å².